The lowest BCUT2D eigenvalue weighted by Crippen LogP contribution is -2.40. The molecule has 1 aliphatic rings. The van der Waals surface area contributed by atoms with Crippen LogP contribution in [0.25, 0.3) is 5.69 Å². The molecule has 0 spiro atoms. The fourth-order valence-corrected chi connectivity index (χ4v) is 4.56. The maximum Gasteiger partial charge on any atom is 0.245 e. The number of aromatic nitrogens is 2. The lowest BCUT2D eigenvalue weighted by Gasteiger charge is -2.22. The van der Waals surface area contributed by atoms with Crippen molar-refractivity contribution in [2.24, 2.45) is 5.92 Å². The SMILES string of the molecule is CCCCN(CC(=O)Nc1cc(C(C)(C)C)nn1-c1ccccc1C)C(=O)C1CC1c1ccccc1. The van der Waals surface area contributed by atoms with Gasteiger partial charge in [0.2, 0.25) is 11.8 Å². The number of unbranched alkanes of at least 4 members (excludes halogenated alkanes) is 1. The first-order valence-electron chi connectivity index (χ1n) is 13.0. The van der Waals surface area contributed by atoms with E-state index in [2.05, 4.69) is 45.1 Å². The van der Waals surface area contributed by atoms with Crippen LogP contribution in [-0.2, 0) is 15.0 Å². The highest BCUT2D eigenvalue weighted by Gasteiger charge is 2.45. The highest BCUT2D eigenvalue weighted by molar-refractivity contribution is 5.95. The van der Waals surface area contributed by atoms with Crippen molar-refractivity contribution in [3.63, 3.8) is 0 Å². The van der Waals surface area contributed by atoms with Crippen molar-refractivity contribution in [3.8, 4) is 5.69 Å². The molecule has 6 nitrogen and oxygen atoms in total. The number of anilines is 1. The van der Waals surface area contributed by atoms with Crippen LogP contribution in [0.2, 0.25) is 0 Å². The van der Waals surface area contributed by atoms with E-state index in [0.29, 0.717) is 12.4 Å². The zero-order valence-corrected chi connectivity index (χ0v) is 22.1. The maximum atomic E-state index is 13.4. The molecule has 3 aromatic rings. The molecule has 1 saturated carbocycles. The summed E-state index contributed by atoms with van der Waals surface area (Å²) in [6.45, 7) is 11.1. The first-order chi connectivity index (χ1) is 17.2. The minimum atomic E-state index is -0.202. The van der Waals surface area contributed by atoms with E-state index in [1.54, 1.807) is 9.58 Å². The van der Waals surface area contributed by atoms with Crippen LogP contribution in [0.1, 0.15) is 69.7 Å². The van der Waals surface area contributed by atoms with Gasteiger partial charge in [0.1, 0.15) is 5.82 Å². The van der Waals surface area contributed by atoms with Crippen molar-refractivity contribution in [1.82, 2.24) is 14.7 Å². The standard InChI is InChI=1S/C30H38N4O2/c1-6-7-17-33(29(36)24-18-23(24)22-14-9-8-10-15-22)20-28(35)31-27-19-26(30(3,4)5)32-34(27)25-16-12-11-13-21(25)2/h8-16,19,23-24H,6-7,17-18,20H2,1-5H3,(H,31,35). The Hall–Kier alpha value is -3.41. The molecule has 1 aliphatic carbocycles. The molecule has 190 valence electrons. The molecule has 0 bridgehead atoms. The zero-order valence-electron chi connectivity index (χ0n) is 22.1. The first-order valence-corrected chi connectivity index (χ1v) is 13.0. The highest BCUT2D eigenvalue weighted by atomic mass is 16.2. The minimum absolute atomic E-state index is 0.0398. The van der Waals surface area contributed by atoms with E-state index in [9.17, 15) is 9.59 Å². The third kappa shape index (κ3) is 5.86. The van der Waals surface area contributed by atoms with Gasteiger partial charge < -0.3 is 10.2 Å². The van der Waals surface area contributed by atoms with Gasteiger partial charge in [0.15, 0.2) is 0 Å². The molecule has 6 heteroatoms. The Bertz CT molecular complexity index is 1210. The summed E-state index contributed by atoms with van der Waals surface area (Å²) in [6, 6.07) is 20.1. The van der Waals surface area contributed by atoms with E-state index >= 15 is 0 Å². The zero-order chi connectivity index (χ0) is 25.9. The lowest BCUT2D eigenvalue weighted by molar-refractivity contribution is -0.136. The number of nitrogens with zero attached hydrogens (tertiary/aromatic N) is 3. The van der Waals surface area contributed by atoms with Gasteiger partial charge in [0, 0.05) is 23.9 Å². The fourth-order valence-electron chi connectivity index (χ4n) is 4.56. The normalized spacial score (nSPS) is 17.0. The summed E-state index contributed by atoms with van der Waals surface area (Å²) in [5, 5.41) is 7.89. The Kier molecular flexibility index (Phi) is 7.62. The first kappa shape index (κ1) is 25.7. The summed E-state index contributed by atoms with van der Waals surface area (Å²) in [7, 11) is 0. The average Bonchev–Trinajstić information content (AvgIpc) is 3.54. The molecule has 1 aromatic heterocycles. The summed E-state index contributed by atoms with van der Waals surface area (Å²) in [5.41, 5.74) is 3.91. The Balaban J connectivity index is 1.52. The predicted molar refractivity (Wildman–Crippen MR) is 144 cm³/mol. The second-order valence-corrected chi connectivity index (χ2v) is 10.9. The van der Waals surface area contributed by atoms with Crippen molar-refractivity contribution in [3.05, 3.63) is 77.5 Å². The van der Waals surface area contributed by atoms with E-state index in [1.807, 2.05) is 55.5 Å². The van der Waals surface area contributed by atoms with Gasteiger partial charge in [-0.05, 0) is 42.9 Å². The minimum Gasteiger partial charge on any atom is -0.333 e. The van der Waals surface area contributed by atoms with Crippen LogP contribution in [0.15, 0.2) is 60.7 Å². The number of aryl methyl sites for hydroxylation is 1. The summed E-state index contributed by atoms with van der Waals surface area (Å²) >= 11 is 0. The number of rotatable bonds is 9. The van der Waals surface area contributed by atoms with Crippen LogP contribution < -0.4 is 5.32 Å². The number of para-hydroxylation sites is 1. The molecule has 1 N–H and O–H groups in total. The van der Waals surface area contributed by atoms with E-state index < -0.39 is 0 Å². The van der Waals surface area contributed by atoms with Crippen molar-refractivity contribution in [2.75, 3.05) is 18.4 Å². The second kappa shape index (κ2) is 10.7. The Morgan fingerprint density at radius 1 is 1.08 bits per heavy atom. The van der Waals surface area contributed by atoms with Crippen LogP contribution >= 0.6 is 0 Å². The molecule has 1 heterocycles. The lowest BCUT2D eigenvalue weighted by atomic mass is 9.92. The maximum absolute atomic E-state index is 13.4. The summed E-state index contributed by atoms with van der Waals surface area (Å²) in [5.74, 6) is 0.710. The molecule has 2 atom stereocenters. The monoisotopic (exact) mass is 486 g/mol. The number of amides is 2. The van der Waals surface area contributed by atoms with E-state index in [-0.39, 0.29) is 35.6 Å². The molecule has 0 radical (unpaired) electrons. The number of hydrogen-bond donors (Lipinski definition) is 1. The largest absolute Gasteiger partial charge is 0.333 e. The van der Waals surface area contributed by atoms with Crippen LogP contribution in [0, 0.1) is 12.8 Å². The number of hydrogen-bond acceptors (Lipinski definition) is 3. The van der Waals surface area contributed by atoms with Gasteiger partial charge in [-0.25, -0.2) is 4.68 Å². The highest BCUT2D eigenvalue weighted by Crippen LogP contribution is 2.48. The van der Waals surface area contributed by atoms with E-state index in [0.717, 1.165) is 36.2 Å². The summed E-state index contributed by atoms with van der Waals surface area (Å²) < 4.78 is 1.80. The van der Waals surface area contributed by atoms with E-state index in [1.165, 1.54) is 5.56 Å². The van der Waals surface area contributed by atoms with Gasteiger partial charge in [-0.2, -0.15) is 5.10 Å². The molecule has 2 aromatic carbocycles. The molecule has 0 saturated heterocycles. The molecule has 0 aliphatic heterocycles. The number of carbonyl (C=O) groups excluding carboxylic acids is 2. The molecular formula is C30H38N4O2. The predicted octanol–water partition coefficient (Wildman–Crippen LogP) is 5.85. The Morgan fingerprint density at radius 2 is 1.78 bits per heavy atom. The molecular weight excluding hydrogens is 448 g/mol. The quantitative estimate of drug-likeness (QED) is 0.413. The third-order valence-electron chi connectivity index (χ3n) is 6.85. The molecule has 2 unspecified atom stereocenters. The van der Waals surface area contributed by atoms with Crippen LogP contribution in [-0.4, -0.2) is 39.6 Å². The smallest absolute Gasteiger partial charge is 0.245 e. The number of benzene rings is 2. The van der Waals surface area contributed by atoms with Gasteiger partial charge in [-0.15, -0.1) is 0 Å². The van der Waals surface area contributed by atoms with Crippen LogP contribution in [0.5, 0.6) is 0 Å². The Morgan fingerprint density at radius 3 is 2.44 bits per heavy atom. The van der Waals surface area contributed by atoms with Gasteiger partial charge in [0.25, 0.3) is 0 Å². The second-order valence-electron chi connectivity index (χ2n) is 10.9. The molecule has 36 heavy (non-hydrogen) atoms. The van der Waals surface area contributed by atoms with Crippen molar-refractivity contribution in [1.29, 1.82) is 0 Å². The summed E-state index contributed by atoms with van der Waals surface area (Å²) in [6.07, 6.45) is 2.69. The van der Waals surface area contributed by atoms with Crippen molar-refractivity contribution in [2.45, 2.75) is 65.2 Å². The van der Waals surface area contributed by atoms with Crippen LogP contribution in [0.3, 0.4) is 0 Å². The van der Waals surface area contributed by atoms with Crippen molar-refractivity contribution >= 4 is 17.6 Å². The average molecular weight is 487 g/mol. The van der Waals surface area contributed by atoms with Gasteiger partial charge in [-0.1, -0.05) is 82.6 Å². The summed E-state index contributed by atoms with van der Waals surface area (Å²) in [4.78, 5) is 28.4. The Labute approximate surface area is 214 Å². The third-order valence-corrected chi connectivity index (χ3v) is 6.85. The molecule has 2 amide bonds. The topological polar surface area (TPSA) is 67.2 Å². The number of carbonyl (C=O) groups is 2. The fraction of sp³-hybridized carbons (Fsp3) is 0.433. The molecule has 4 rings (SSSR count). The number of nitrogens with one attached hydrogen (secondary N) is 1. The van der Waals surface area contributed by atoms with Gasteiger partial charge in [-0.3, -0.25) is 9.59 Å². The van der Waals surface area contributed by atoms with E-state index in [4.69, 9.17) is 5.10 Å². The van der Waals surface area contributed by atoms with Crippen LogP contribution in [0.4, 0.5) is 5.82 Å². The molecule has 1 fully saturated rings. The van der Waals surface area contributed by atoms with Crippen molar-refractivity contribution < 1.29 is 9.59 Å². The van der Waals surface area contributed by atoms with Gasteiger partial charge >= 0.3 is 0 Å². The van der Waals surface area contributed by atoms with Gasteiger partial charge in [0.05, 0.1) is 17.9 Å².